The highest BCUT2D eigenvalue weighted by Crippen LogP contribution is 2.38. The van der Waals surface area contributed by atoms with Gasteiger partial charge in [-0.2, -0.15) is 5.10 Å². The first-order valence-electron chi connectivity index (χ1n) is 10.1. The maximum atomic E-state index is 13.0. The van der Waals surface area contributed by atoms with Crippen LogP contribution in [-0.4, -0.2) is 36.8 Å². The Hall–Kier alpha value is -2.15. The van der Waals surface area contributed by atoms with Gasteiger partial charge in [-0.1, -0.05) is 27.7 Å². The molecule has 0 spiro atoms. The highest BCUT2D eigenvalue weighted by atomic mass is 16.3. The van der Waals surface area contributed by atoms with Gasteiger partial charge in [0, 0.05) is 17.7 Å². The van der Waals surface area contributed by atoms with Crippen LogP contribution in [0.2, 0.25) is 0 Å². The Labute approximate surface area is 164 Å². The van der Waals surface area contributed by atoms with Gasteiger partial charge in [-0.05, 0) is 49.7 Å². The number of nitrogens with one attached hydrogen (secondary N) is 1. The molecular weight excluding hydrogens is 356 g/mol. The first kappa shape index (κ1) is 19.2. The lowest BCUT2D eigenvalue weighted by Crippen LogP contribution is -2.54. The highest BCUT2D eigenvalue weighted by Gasteiger charge is 2.39. The van der Waals surface area contributed by atoms with Crippen LogP contribution < -0.4 is 10.9 Å². The van der Waals surface area contributed by atoms with E-state index in [-0.39, 0.29) is 35.4 Å². The van der Waals surface area contributed by atoms with E-state index in [0.29, 0.717) is 18.4 Å². The lowest BCUT2D eigenvalue weighted by Gasteiger charge is -2.41. The number of carbonyl (C=O) groups excluding carboxylic acids is 1. The molecule has 2 heterocycles. The normalized spacial score (nSPS) is 25.8. The Balaban J connectivity index is 1.66. The number of aliphatic hydroxyl groups is 1. The standard InChI is InChI=1S/C21H30N4O3/c1-12(2)18-23-24(11-17(26)22-14-8-21(5,28)9-14)19(27)15-6-13-7-20(3,4)10-16(13)25(15)18/h6,12,14,28H,7-11H2,1-5H3,(H,22,26). The minimum atomic E-state index is -0.697. The van der Waals surface area contributed by atoms with Crippen LogP contribution in [0.4, 0.5) is 0 Å². The summed E-state index contributed by atoms with van der Waals surface area (Å²) in [6.45, 7) is 10.3. The van der Waals surface area contributed by atoms with Gasteiger partial charge in [-0.3, -0.25) is 14.0 Å². The van der Waals surface area contributed by atoms with Crippen LogP contribution in [0.15, 0.2) is 10.9 Å². The Kier molecular flexibility index (Phi) is 4.23. The second-order valence-corrected chi connectivity index (χ2v) is 10.0. The second-order valence-electron chi connectivity index (χ2n) is 10.0. The van der Waals surface area contributed by atoms with Crippen LogP contribution in [-0.2, 0) is 24.2 Å². The summed E-state index contributed by atoms with van der Waals surface area (Å²) < 4.78 is 3.31. The Morgan fingerprint density at radius 2 is 2.00 bits per heavy atom. The van der Waals surface area contributed by atoms with Gasteiger partial charge in [0.2, 0.25) is 5.91 Å². The molecule has 0 bridgehead atoms. The lowest BCUT2D eigenvalue weighted by molar-refractivity contribution is -0.125. The van der Waals surface area contributed by atoms with Crippen LogP contribution in [0.25, 0.3) is 5.52 Å². The zero-order valence-electron chi connectivity index (χ0n) is 17.4. The summed E-state index contributed by atoms with van der Waals surface area (Å²) in [5, 5.41) is 17.3. The van der Waals surface area contributed by atoms with E-state index >= 15 is 0 Å². The van der Waals surface area contributed by atoms with Crippen molar-refractivity contribution in [1.29, 1.82) is 0 Å². The minimum Gasteiger partial charge on any atom is -0.390 e. The van der Waals surface area contributed by atoms with E-state index < -0.39 is 5.60 Å². The first-order chi connectivity index (χ1) is 13.0. The van der Waals surface area contributed by atoms with Crippen LogP contribution in [0.3, 0.4) is 0 Å². The van der Waals surface area contributed by atoms with Crippen molar-refractivity contribution in [2.24, 2.45) is 5.41 Å². The zero-order chi connectivity index (χ0) is 20.4. The molecule has 152 valence electrons. The number of hydrogen-bond donors (Lipinski definition) is 2. The third-order valence-electron chi connectivity index (χ3n) is 5.96. The fraction of sp³-hybridized carbons (Fsp3) is 0.667. The molecule has 0 unspecified atom stereocenters. The topological polar surface area (TPSA) is 88.6 Å². The summed E-state index contributed by atoms with van der Waals surface area (Å²) in [4.78, 5) is 25.5. The summed E-state index contributed by atoms with van der Waals surface area (Å²) in [5.41, 5.74) is 2.27. The molecule has 0 saturated heterocycles. The fourth-order valence-corrected chi connectivity index (χ4v) is 4.74. The lowest BCUT2D eigenvalue weighted by atomic mass is 9.77. The maximum absolute atomic E-state index is 13.0. The quantitative estimate of drug-likeness (QED) is 0.838. The van der Waals surface area contributed by atoms with Crippen molar-refractivity contribution in [2.75, 3.05) is 0 Å². The molecule has 2 aliphatic rings. The summed E-state index contributed by atoms with van der Waals surface area (Å²) in [6, 6.07) is 1.95. The van der Waals surface area contributed by atoms with Crippen molar-refractivity contribution in [3.8, 4) is 0 Å². The number of hydrogen-bond acceptors (Lipinski definition) is 4. The molecule has 28 heavy (non-hydrogen) atoms. The van der Waals surface area contributed by atoms with Gasteiger partial charge in [0.15, 0.2) is 0 Å². The van der Waals surface area contributed by atoms with E-state index in [0.717, 1.165) is 18.7 Å². The van der Waals surface area contributed by atoms with Crippen LogP contribution in [0.1, 0.15) is 70.5 Å². The first-order valence-corrected chi connectivity index (χ1v) is 10.1. The molecule has 7 nitrogen and oxygen atoms in total. The van der Waals surface area contributed by atoms with Gasteiger partial charge >= 0.3 is 0 Å². The van der Waals surface area contributed by atoms with Gasteiger partial charge in [-0.25, -0.2) is 4.68 Å². The largest absolute Gasteiger partial charge is 0.390 e. The average molecular weight is 386 g/mol. The number of fused-ring (bicyclic) bond motifs is 3. The molecule has 2 aromatic heterocycles. The Bertz CT molecular complexity index is 1000. The van der Waals surface area contributed by atoms with E-state index in [1.54, 1.807) is 6.92 Å². The molecule has 2 aliphatic carbocycles. The van der Waals surface area contributed by atoms with Gasteiger partial charge in [0.05, 0.1) is 5.60 Å². The number of nitrogens with zero attached hydrogens (tertiary/aromatic N) is 3. The van der Waals surface area contributed by atoms with Crippen molar-refractivity contribution in [3.63, 3.8) is 0 Å². The molecular formula is C21H30N4O3. The zero-order valence-corrected chi connectivity index (χ0v) is 17.4. The minimum absolute atomic E-state index is 0.0363. The summed E-state index contributed by atoms with van der Waals surface area (Å²) in [7, 11) is 0. The van der Waals surface area contributed by atoms with Crippen molar-refractivity contribution in [1.82, 2.24) is 19.5 Å². The molecule has 1 amide bonds. The summed E-state index contributed by atoms with van der Waals surface area (Å²) >= 11 is 0. The Morgan fingerprint density at radius 3 is 2.61 bits per heavy atom. The molecule has 2 aromatic rings. The van der Waals surface area contributed by atoms with Gasteiger partial charge in [0.25, 0.3) is 5.56 Å². The van der Waals surface area contributed by atoms with Crippen molar-refractivity contribution < 1.29 is 9.90 Å². The molecule has 0 aliphatic heterocycles. The van der Waals surface area contributed by atoms with Crippen molar-refractivity contribution >= 4 is 11.4 Å². The molecule has 0 aromatic carbocycles. The number of aromatic nitrogens is 3. The SMILES string of the molecule is CC(C)c1nn(CC(=O)NC2CC(C)(O)C2)c(=O)c2cc3c(n12)CC(C)(C)C3. The monoisotopic (exact) mass is 386 g/mol. The maximum Gasteiger partial charge on any atom is 0.291 e. The number of rotatable bonds is 4. The molecule has 0 atom stereocenters. The fourth-order valence-electron chi connectivity index (χ4n) is 4.74. The van der Waals surface area contributed by atoms with Crippen LogP contribution in [0, 0.1) is 5.41 Å². The van der Waals surface area contributed by atoms with E-state index in [1.165, 1.54) is 15.9 Å². The van der Waals surface area contributed by atoms with Crippen LogP contribution >= 0.6 is 0 Å². The van der Waals surface area contributed by atoms with Gasteiger partial charge in [0.1, 0.15) is 17.9 Å². The van der Waals surface area contributed by atoms with E-state index in [9.17, 15) is 14.7 Å². The third kappa shape index (κ3) is 3.26. The number of carbonyl (C=O) groups is 1. The van der Waals surface area contributed by atoms with Gasteiger partial charge in [-0.15, -0.1) is 0 Å². The Morgan fingerprint density at radius 1 is 1.32 bits per heavy atom. The third-order valence-corrected chi connectivity index (χ3v) is 5.96. The predicted octanol–water partition coefficient (Wildman–Crippen LogP) is 1.77. The smallest absolute Gasteiger partial charge is 0.291 e. The van der Waals surface area contributed by atoms with Gasteiger partial charge < -0.3 is 10.4 Å². The van der Waals surface area contributed by atoms with E-state index in [4.69, 9.17) is 0 Å². The molecule has 4 rings (SSSR count). The number of amides is 1. The molecule has 1 fully saturated rings. The average Bonchev–Trinajstić information content (AvgIpc) is 3.00. The molecule has 7 heteroatoms. The van der Waals surface area contributed by atoms with E-state index in [2.05, 4.69) is 38.1 Å². The molecule has 1 saturated carbocycles. The molecule has 0 radical (unpaired) electrons. The van der Waals surface area contributed by atoms with Crippen molar-refractivity contribution in [2.45, 2.75) is 84.4 Å². The van der Waals surface area contributed by atoms with Crippen molar-refractivity contribution in [3.05, 3.63) is 33.5 Å². The second kappa shape index (κ2) is 6.17. The van der Waals surface area contributed by atoms with E-state index in [1.807, 2.05) is 10.5 Å². The summed E-state index contributed by atoms with van der Waals surface area (Å²) in [5.74, 6) is 0.696. The highest BCUT2D eigenvalue weighted by molar-refractivity contribution is 5.76. The molecule has 2 N–H and O–H groups in total. The van der Waals surface area contributed by atoms with Crippen LogP contribution in [0.5, 0.6) is 0 Å². The summed E-state index contributed by atoms with van der Waals surface area (Å²) in [6.07, 6.45) is 2.95. The predicted molar refractivity (Wildman–Crippen MR) is 107 cm³/mol.